The summed E-state index contributed by atoms with van der Waals surface area (Å²) < 4.78 is 0. The lowest BCUT2D eigenvalue weighted by atomic mass is 10.1. The summed E-state index contributed by atoms with van der Waals surface area (Å²) in [5.41, 5.74) is 0.869. The zero-order valence-corrected chi connectivity index (χ0v) is 11.8. The van der Waals surface area contributed by atoms with Crippen molar-refractivity contribution in [3.8, 4) is 6.07 Å². The minimum absolute atomic E-state index is 0.107. The first-order valence-electron chi connectivity index (χ1n) is 6.37. The van der Waals surface area contributed by atoms with Gasteiger partial charge in [-0.1, -0.05) is 18.5 Å². The fourth-order valence-corrected chi connectivity index (χ4v) is 2.35. The maximum absolute atomic E-state index is 12.1. The minimum atomic E-state index is -0.625. The zero-order valence-electron chi connectivity index (χ0n) is 11.0. The van der Waals surface area contributed by atoms with Crippen LogP contribution >= 0.6 is 11.6 Å². The summed E-state index contributed by atoms with van der Waals surface area (Å²) in [5, 5.41) is 12.5. The molecular weight excluding hydrogens is 278 g/mol. The lowest BCUT2D eigenvalue weighted by molar-refractivity contribution is -0.138. The average molecular weight is 292 g/mol. The lowest BCUT2D eigenvalue weighted by Gasteiger charge is -2.15. The van der Waals surface area contributed by atoms with Gasteiger partial charge in [0.05, 0.1) is 17.7 Å². The highest BCUT2D eigenvalue weighted by molar-refractivity contribution is 6.30. The fraction of sp³-hybridized carbons (Fsp3) is 0.357. The molecule has 1 aromatic rings. The van der Waals surface area contributed by atoms with E-state index in [0.29, 0.717) is 22.8 Å². The Labute approximate surface area is 122 Å². The number of nitriles is 1. The highest BCUT2D eigenvalue weighted by atomic mass is 35.5. The van der Waals surface area contributed by atoms with Crippen LogP contribution in [0.5, 0.6) is 0 Å². The molecule has 1 aliphatic rings. The summed E-state index contributed by atoms with van der Waals surface area (Å²) in [6.07, 6.45) is 0.834. The molecule has 1 unspecified atom stereocenters. The van der Waals surface area contributed by atoms with Crippen molar-refractivity contribution >= 4 is 29.1 Å². The summed E-state index contributed by atoms with van der Waals surface area (Å²) >= 11 is 5.89. The van der Waals surface area contributed by atoms with Crippen molar-refractivity contribution in [1.29, 1.82) is 5.26 Å². The maximum Gasteiger partial charge on any atom is 0.252 e. The number of imide groups is 1. The lowest BCUT2D eigenvalue weighted by Crippen LogP contribution is -2.35. The molecule has 0 bridgehead atoms. The van der Waals surface area contributed by atoms with Crippen molar-refractivity contribution in [2.45, 2.75) is 25.8 Å². The van der Waals surface area contributed by atoms with Gasteiger partial charge < -0.3 is 5.32 Å². The van der Waals surface area contributed by atoms with Crippen molar-refractivity contribution in [2.75, 3.05) is 11.9 Å². The summed E-state index contributed by atoms with van der Waals surface area (Å²) in [6.45, 7) is 2.34. The maximum atomic E-state index is 12.1. The molecule has 6 heteroatoms. The number of hydrogen-bond acceptors (Lipinski definition) is 4. The van der Waals surface area contributed by atoms with Gasteiger partial charge in [-0.25, -0.2) is 0 Å². The third-order valence-corrected chi connectivity index (χ3v) is 3.36. The molecule has 1 fully saturated rings. The number of anilines is 1. The molecule has 0 saturated carbocycles. The molecular formula is C14H14ClN3O2. The van der Waals surface area contributed by atoms with Crippen molar-refractivity contribution in [1.82, 2.24) is 4.90 Å². The number of nitrogens with one attached hydrogen (secondary N) is 1. The first-order chi connectivity index (χ1) is 9.56. The van der Waals surface area contributed by atoms with Gasteiger partial charge in [-0.2, -0.15) is 5.26 Å². The monoisotopic (exact) mass is 291 g/mol. The van der Waals surface area contributed by atoms with Crippen LogP contribution in [0.2, 0.25) is 5.02 Å². The predicted octanol–water partition coefficient (Wildman–Crippen LogP) is 2.16. The van der Waals surface area contributed by atoms with Crippen LogP contribution < -0.4 is 5.32 Å². The van der Waals surface area contributed by atoms with Crippen molar-refractivity contribution in [3.05, 3.63) is 28.8 Å². The van der Waals surface area contributed by atoms with Crippen LogP contribution in [0.25, 0.3) is 0 Å². The number of rotatable bonds is 4. The standard InChI is InChI=1S/C14H14ClN3O2/c1-2-5-18-13(19)7-12(14(18)20)17-11-6-10(15)4-3-9(11)8-16/h3-4,6,12,17H,2,5,7H2,1H3. The second-order valence-electron chi connectivity index (χ2n) is 4.59. The van der Waals surface area contributed by atoms with Gasteiger partial charge in [0.25, 0.3) is 5.91 Å². The first-order valence-corrected chi connectivity index (χ1v) is 6.75. The van der Waals surface area contributed by atoms with E-state index in [4.69, 9.17) is 16.9 Å². The second-order valence-corrected chi connectivity index (χ2v) is 5.02. The van der Waals surface area contributed by atoms with Crippen LogP contribution in [0.1, 0.15) is 25.3 Å². The zero-order chi connectivity index (χ0) is 14.7. The number of amides is 2. The summed E-state index contributed by atoms with van der Waals surface area (Å²) in [5.74, 6) is -0.435. The number of carbonyl (C=O) groups is 2. The third kappa shape index (κ3) is 2.75. The Kier molecular flexibility index (Phi) is 4.26. The van der Waals surface area contributed by atoms with E-state index in [1.165, 1.54) is 4.90 Å². The van der Waals surface area contributed by atoms with Crippen LogP contribution in [0.4, 0.5) is 5.69 Å². The third-order valence-electron chi connectivity index (χ3n) is 3.12. The van der Waals surface area contributed by atoms with E-state index in [1.54, 1.807) is 18.2 Å². The minimum Gasteiger partial charge on any atom is -0.372 e. The average Bonchev–Trinajstić information content (AvgIpc) is 2.67. The van der Waals surface area contributed by atoms with Gasteiger partial charge in [-0.3, -0.25) is 14.5 Å². The molecule has 0 aromatic heterocycles. The van der Waals surface area contributed by atoms with E-state index in [1.807, 2.05) is 13.0 Å². The predicted molar refractivity (Wildman–Crippen MR) is 75.2 cm³/mol. The van der Waals surface area contributed by atoms with Crippen LogP contribution in [0.15, 0.2) is 18.2 Å². The molecule has 2 rings (SSSR count). The van der Waals surface area contributed by atoms with E-state index in [2.05, 4.69) is 5.32 Å². The molecule has 20 heavy (non-hydrogen) atoms. The largest absolute Gasteiger partial charge is 0.372 e. The number of benzene rings is 1. The fourth-order valence-electron chi connectivity index (χ4n) is 2.18. The van der Waals surface area contributed by atoms with Crippen molar-refractivity contribution in [2.24, 2.45) is 0 Å². The van der Waals surface area contributed by atoms with Gasteiger partial charge >= 0.3 is 0 Å². The molecule has 1 atom stereocenters. The highest BCUT2D eigenvalue weighted by Crippen LogP contribution is 2.24. The van der Waals surface area contributed by atoms with Gasteiger partial charge in [0.15, 0.2) is 0 Å². The molecule has 1 aromatic carbocycles. The molecule has 1 saturated heterocycles. The van der Waals surface area contributed by atoms with Crippen LogP contribution in [0.3, 0.4) is 0 Å². The van der Waals surface area contributed by atoms with Gasteiger partial charge in [0, 0.05) is 11.6 Å². The summed E-state index contributed by atoms with van der Waals surface area (Å²) in [6, 6.07) is 6.17. The number of halogens is 1. The van der Waals surface area contributed by atoms with Gasteiger partial charge in [-0.05, 0) is 24.6 Å². The number of likely N-dealkylation sites (tertiary alicyclic amines) is 1. The Hall–Kier alpha value is -2.06. The number of carbonyl (C=O) groups excluding carboxylic acids is 2. The molecule has 0 aliphatic carbocycles. The van der Waals surface area contributed by atoms with Gasteiger partial charge in [-0.15, -0.1) is 0 Å². The Balaban J connectivity index is 2.20. The SMILES string of the molecule is CCCN1C(=O)CC(Nc2cc(Cl)ccc2C#N)C1=O. The molecule has 1 N–H and O–H groups in total. The van der Waals surface area contributed by atoms with Crippen LogP contribution in [0, 0.1) is 11.3 Å². The first kappa shape index (κ1) is 14.4. The van der Waals surface area contributed by atoms with Crippen LogP contribution in [-0.2, 0) is 9.59 Å². The summed E-state index contributed by atoms with van der Waals surface area (Å²) in [7, 11) is 0. The number of nitrogens with zero attached hydrogens (tertiary/aromatic N) is 2. The summed E-state index contributed by atoms with van der Waals surface area (Å²) in [4.78, 5) is 25.2. The van der Waals surface area contributed by atoms with Gasteiger partial charge in [0.1, 0.15) is 12.1 Å². The second kappa shape index (κ2) is 5.93. The Morgan fingerprint density at radius 1 is 1.50 bits per heavy atom. The van der Waals surface area contributed by atoms with Gasteiger partial charge in [0.2, 0.25) is 5.91 Å². The number of hydrogen-bond donors (Lipinski definition) is 1. The van der Waals surface area contributed by atoms with E-state index < -0.39 is 6.04 Å². The van der Waals surface area contributed by atoms with Crippen molar-refractivity contribution < 1.29 is 9.59 Å². The Bertz CT molecular complexity index is 595. The molecule has 1 heterocycles. The molecule has 2 amide bonds. The molecule has 1 aliphatic heterocycles. The highest BCUT2D eigenvalue weighted by Gasteiger charge is 2.38. The van der Waals surface area contributed by atoms with Crippen molar-refractivity contribution in [3.63, 3.8) is 0 Å². The quantitative estimate of drug-likeness (QED) is 0.863. The molecule has 0 radical (unpaired) electrons. The normalized spacial score (nSPS) is 18.2. The van der Waals surface area contributed by atoms with E-state index in [9.17, 15) is 9.59 Å². The van der Waals surface area contributed by atoms with Crippen LogP contribution in [-0.4, -0.2) is 29.3 Å². The molecule has 104 valence electrons. The smallest absolute Gasteiger partial charge is 0.252 e. The van der Waals surface area contributed by atoms with E-state index >= 15 is 0 Å². The van der Waals surface area contributed by atoms with E-state index in [0.717, 1.165) is 6.42 Å². The van der Waals surface area contributed by atoms with E-state index in [-0.39, 0.29) is 18.2 Å². The Morgan fingerprint density at radius 3 is 2.90 bits per heavy atom. The molecule has 0 spiro atoms. The molecule has 5 nitrogen and oxygen atoms in total. The topological polar surface area (TPSA) is 73.2 Å². The Morgan fingerprint density at radius 2 is 2.25 bits per heavy atom.